The van der Waals surface area contributed by atoms with E-state index >= 15 is 0 Å². The third kappa shape index (κ3) is 3.92. The average molecular weight is 412 g/mol. The van der Waals surface area contributed by atoms with Crippen molar-refractivity contribution in [2.24, 2.45) is 0 Å². The van der Waals surface area contributed by atoms with Crippen molar-refractivity contribution in [2.75, 3.05) is 37.7 Å². The molecular formula is C21H25N5O2S. The van der Waals surface area contributed by atoms with E-state index in [-0.39, 0.29) is 18.7 Å². The van der Waals surface area contributed by atoms with Crippen molar-refractivity contribution in [1.82, 2.24) is 19.4 Å². The van der Waals surface area contributed by atoms with Crippen LogP contribution in [0, 0.1) is 0 Å². The Labute approximate surface area is 173 Å². The van der Waals surface area contributed by atoms with Gasteiger partial charge in [-0.2, -0.15) is 0 Å². The number of aromatic nitrogens is 3. The quantitative estimate of drug-likeness (QED) is 0.669. The largest absolute Gasteiger partial charge is 0.395 e. The first-order valence-corrected chi connectivity index (χ1v) is 11.0. The maximum Gasteiger partial charge on any atom is 0.261 e. The molecule has 0 spiro atoms. The standard InChI is InChI=1S/C21H25N5O2S/c27-10-9-26-14-23-19-11-16(3-4-18(19)21(26)28)25-7-5-24(6-8-25)13-17-12-22-20(29-17)15-1-2-15/h3-4,11-12,14-15,27H,1-2,5-10,13H2. The van der Waals surface area contributed by atoms with Gasteiger partial charge in [-0.3, -0.25) is 14.3 Å². The highest BCUT2D eigenvalue weighted by Gasteiger charge is 2.27. The Morgan fingerprint density at radius 1 is 1.14 bits per heavy atom. The summed E-state index contributed by atoms with van der Waals surface area (Å²) >= 11 is 1.88. The molecule has 8 heteroatoms. The van der Waals surface area contributed by atoms with Crippen molar-refractivity contribution in [3.63, 3.8) is 0 Å². The Bertz CT molecular complexity index is 1070. The lowest BCUT2D eigenvalue weighted by molar-refractivity contribution is 0.252. The van der Waals surface area contributed by atoms with Gasteiger partial charge in [-0.15, -0.1) is 11.3 Å². The second-order valence-electron chi connectivity index (χ2n) is 7.87. The minimum atomic E-state index is -0.101. The molecule has 1 saturated heterocycles. The molecule has 1 saturated carbocycles. The number of nitrogens with zero attached hydrogens (tertiary/aromatic N) is 5. The fourth-order valence-corrected chi connectivity index (χ4v) is 5.04. The molecule has 7 nitrogen and oxygen atoms in total. The van der Waals surface area contributed by atoms with Crippen molar-refractivity contribution >= 4 is 27.9 Å². The normalized spacial score (nSPS) is 17.9. The molecule has 1 aromatic carbocycles. The SMILES string of the molecule is O=c1c2ccc(N3CCN(Cc4cnc(C5CC5)s4)CC3)cc2ncn1CCO. The van der Waals surface area contributed by atoms with Gasteiger partial charge < -0.3 is 10.0 Å². The molecule has 0 radical (unpaired) electrons. The average Bonchev–Trinajstić information content (AvgIpc) is 3.50. The number of fused-ring (bicyclic) bond motifs is 1. The molecule has 3 aromatic rings. The van der Waals surface area contributed by atoms with Crippen LogP contribution in [0.5, 0.6) is 0 Å². The number of aliphatic hydroxyl groups excluding tert-OH is 1. The van der Waals surface area contributed by atoms with Crippen molar-refractivity contribution in [3.05, 3.63) is 51.0 Å². The summed E-state index contributed by atoms with van der Waals surface area (Å²) in [6, 6.07) is 5.87. The topological polar surface area (TPSA) is 74.5 Å². The van der Waals surface area contributed by atoms with Crippen LogP contribution in [0.4, 0.5) is 5.69 Å². The lowest BCUT2D eigenvalue weighted by atomic mass is 10.2. The molecular weight excluding hydrogens is 386 g/mol. The van der Waals surface area contributed by atoms with Gasteiger partial charge in [0.05, 0.1) is 35.4 Å². The number of thiazole rings is 1. The van der Waals surface area contributed by atoms with Crippen LogP contribution in [-0.4, -0.2) is 57.3 Å². The van der Waals surface area contributed by atoms with E-state index in [0.29, 0.717) is 10.9 Å². The second kappa shape index (κ2) is 7.85. The molecule has 0 atom stereocenters. The zero-order chi connectivity index (χ0) is 19.8. The first-order valence-electron chi connectivity index (χ1n) is 10.2. The third-order valence-electron chi connectivity index (χ3n) is 5.76. The van der Waals surface area contributed by atoms with E-state index < -0.39 is 0 Å². The van der Waals surface area contributed by atoms with E-state index in [1.165, 1.54) is 33.6 Å². The number of hydrogen-bond acceptors (Lipinski definition) is 7. The minimum Gasteiger partial charge on any atom is -0.395 e. The summed E-state index contributed by atoms with van der Waals surface area (Å²) in [6.45, 7) is 5.14. The molecule has 5 rings (SSSR count). The highest BCUT2D eigenvalue weighted by Crippen LogP contribution is 2.41. The molecule has 1 N–H and O–H groups in total. The highest BCUT2D eigenvalue weighted by molar-refractivity contribution is 7.11. The number of rotatable bonds is 6. The van der Waals surface area contributed by atoms with Crippen LogP contribution >= 0.6 is 11.3 Å². The molecule has 152 valence electrons. The predicted octanol–water partition coefficient (Wildman–Crippen LogP) is 2.04. The number of anilines is 1. The molecule has 1 aliphatic heterocycles. The molecule has 0 bridgehead atoms. The van der Waals surface area contributed by atoms with Gasteiger partial charge in [-0.25, -0.2) is 9.97 Å². The Morgan fingerprint density at radius 3 is 2.72 bits per heavy atom. The molecule has 1 aliphatic carbocycles. The van der Waals surface area contributed by atoms with Crippen molar-refractivity contribution in [2.45, 2.75) is 31.8 Å². The molecule has 29 heavy (non-hydrogen) atoms. The van der Waals surface area contributed by atoms with Gasteiger partial charge in [-0.1, -0.05) is 0 Å². The van der Waals surface area contributed by atoms with Crippen molar-refractivity contribution in [3.8, 4) is 0 Å². The molecule has 3 heterocycles. The van der Waals surface area contributed by atoms with Crippen LogP contribution in [0.2, 0.25) is 0 Å². The van der Waals surface area contributed by atoms with Gasteiger partial charge in [0.2, 0.25) is 0 Å². The van der Waals surface area contributed by atoms with Crippen molar-refractivity contribution < 1.29 is 5.11 Å². The Hall–Kier alpha value is -2.29. The monoisotopic (exact) mass is 411 g/mol. The summed E-state index contributed by atoms with van der Waals surface area (Å²) in [6.07, 6.45) is 6.19. The molecule has 0 unspecified atom stereocenters. The number of aliphatic hydroxyl groups is 1. The Morgan fingerprint density at radius 2 is 1.97 bits per heavy atom. The van der Waals surface area contributed by atoms with E-state index in [1.54, 1.807) is 0 Å². The van der Waals surface area contributed by atoms with Crippen LogP contribution in [0.15, 0.2) is 35.5 Å². The molecule has 2 aromatic heterocycles. The van der Waals surface area contributed by atoms with Crippen LogP contribution in [0.25, 0.3) is 10.9 Å². The van der Waals surface area contributed by atoms with Crippen LogP contribution in [0.1, 0.15) is 28.6 Å². The fourth-order valence-electron chi connectivity index (χ4n) is 3.91. The predicted molar refractivity (Wildman–Crippen MR) is 115 cm³/mol. The van der Waals surface area contributed by atoms with E-state index in [1.807, 2.05) is 29.5 Å². The van der Waals surface area contributed by atoms with Crippen LogP contribution in [-0.2, 0) is 13.1 Å². The summed E-state index contributed by atoms with van der Waals surface area (Å²) in [5, 5.41) is 11.0. The molecule has 2 fully saturated rings. The second-order valence-corrected chi connectivity index (χ2v) is 9.02. The van der Waals surface area contributed by atoms with E-state index in [4.69, 9.17) is 5.11 Å². The lowest BCUT2D eigenvalue weighted by Gasteiger charge is -2.35. The summed E-state index contributed by atoms with van der Waals surface area (Å²) in [5.41, 5.74) is 1.72. The lowest BCUT2D eigenvalue weighted by Crippen LogP contribution is -2.45. The van der Waals surface area contributed by atoms with Crippen LogP contribution in [0.3, 0.4) is 0 Å². The van der Waals surface area contributed by atoms with E-state index in [0.717, 1.165) is 44.3 Å². The molecule has 2 aliphatic rings. The Kier molecular flexibility index (Phi) is 5.07. The first-order chi connectivity index (χ1) is 14.2. The smallest absolute Gasteiger partial charge is 0.261 e. The maximum absolute atomic E-state index is 12.5. The third-order valence-corrected chi connectivity index (χ3v) is 6.91. The van der Waals surface area contributed by atoms with E-state index in [9.17, 15) is 4.79 Å². The number of piperazine rings is 1. The highest BCUT2D eigenvalue weighted by atomic mass is 32.1. The van der Waals surface area contributed by atoms with Gasteiger partial charge in [-0.05, 0) is 31.0 Å². The van der Waals surface area contributed by atoms with Gasteiger partial charge in [0.1, 0.15) is 0 Å². The van der Waals surface area contributed by atoms with Gasteiger partial charge in [0, 0.05) is 55.4 Å². The summed E-state index contributed by atoms with van der Waals surface area (Å²) in [4.78, 5) is 27.7. The maximum atomic E-state index is 12.5. The zero-order valence-corrected chi connectivity index (χ0v) is 17.1. The fraction of sp³-hybridized carbons (Fsp3) is 0.476. The number of hydrogen-bond donors (Lipinski definition) is 1. The van der Waals surface area contributed by atoms with Gasteiger partial charge in [0.15, 0.2) is 0 Å². The van der Waals surface area contributed by atoms with E-state index in [2.05, 4.69) is 26.0 Å². The summed E-state index contributed by atoms with van der Waals surface area (Å²) < 4.78 is 1.45. The van der Waals surface area contributed by atoms with Crippen molar-refractivity contribution in [1.29, 1.82) is 0 Å². The summed E-state index contributed by atoms with van der Waals surface area (Å²) in [5.74, 6) is 0.736. The number of benzene rings is 1. The minimum absolute atomic E-state index is 0.0706. The van der Waals surface area contributed by atoms with Crippen LogP contribution < -0.4 is 10.5 Å². The zero-order valence-electron chi connectivity index (χ0n) is 16.3. The van der Waals surface area contributed by atoms with Gasteiger partial charge in [0.25, 0.3) is 5.56 Å². The Balaban J connectivity index is 1.24. The van der Waals surface area contributed by atoms with Gasteiger partial charge >= 0.3 is 0 Å². The first kappa shape index (κ1) is 18.7. The summed E-state index contributed by atoms with van der Waals surface area (Å²) in [7, 11) is 0. The molecule has 0 amide bonds.